The molecule has 0 bridgehead atoms. The molecular formula is C24H57GeSn. The molecule has 0 aliphatic carbocycles. The van der Waals surface area contributed by atoms with Crippen LogP contribution in [-0.4, -0.2) is 38.3 Å². The van der Waals surface area contributed by atoms with Crippen molar-refractivity contribution in [3.63, 3.8) is 0 Å². The average molecular weight is 537 g/mol. The molecule has 0 spiro atoms. The third-order valence-corrected chi connectivity index (χ3v) is 10.8. The van der Waals surface area contributed by atoms with E-state index in [2.05, 4.69) is 62.3 Å². The molecule has 0 N–H and O–H groups in total. The van der Waals surface area contributed by atoms with Crippen LogP contribution < -0.4 is 0 Å². The van der Waals surface area contributed by atoms with Gasteiger partial charge in [0.05, 0.1) is 0 Å². The molecule has 0 aromatic carbocycles. The summed E-state index contributed by atoms with van der Waals surface area (Å²) in [5.41, 5.74) is 0. The van der Waals surface area contributed by atoms with Crippen molar-refractivity contribution in [2.45, 2.75) is 155 Å². The van der Waals surface area contributed by atoms with Crippen LogP contribution in [0.3, 0.4) is 0 Å². The molecule has 0 rings (SSSR count). The standard InChI is InChI=1S/C12H27Ge.3C4H10.Sn/c1-4-7-10-13(11-8-5-2)12-9-6-3;3*1-3-4-2;/h4-12H2,1-3H3;3*3-4H2,1-2H3;. The summed E-state index contributed by atoms with van der Waals surface area (Å²) in [7, 11) is 0. The number of hydrogen-bond donors (Lipinski definition) is 0. The molecular weight excluding hydrogens is 480 g/mol. The Hall–Kier alpha value is 1.34. The molecule has 0 unspecified atom stereocenters. The van der Waals surface area contributed by atoms with Crippen LogP contribution in [0.2, 0.25) is 15.8 Å². The Morgan fingerprint density at radius 2 is 0.538 bits per heavy atom. The van der Waals surface area contributed by atoms with Crippen molar-refractivity contribution in [2.75, 3.05) is 0 Å². The van der Waals surface area contributed by atoms with Gasteiger partial charge < -0.3 is 0 Å². The molecule has 2 heteroatoms. The zero-order chi connectivity index (χ0) is 20.2. The van der Waals surface area contributed by atoms with Gasteiger partial charge in [0.25, 0.3) is 0 Å². The number of rotatable bonds is 12. The molecule has 0 heterocycles. The van der Waals surface area contributed by atoms with Crippen molar-refractivity contribution < 1.29 is 0 Å². The largest absolute Gasteiger partial charge is 0 e. The third kappa shape index (κ3) is 56.2. The molecule has 0 aliphatic rings. The predicted molar refractivity (Wildman–Crippen MR) is 132 cm³/mol. The Kier molecular flexibility index (Phi) is 66.1. The first-order chi connectivity index (χ1) is 12.1. The van der Waals surface area contributed by atoms with Gasteiger partial charge in [0, 0.05) is 23.9 Å². The summed E-state index contributed by atoms with van der Waals surface area (Å²) in [5.74, 6) is 0. The molecule has 0 saturated carbocycles. The van der Waals surface area contributed by atoms with Crippen molar-refractivity contribution in [1.29, 1.82) is 0 Å². The van der Waals surface area contributed by atoms with Gasteiger partial charge in [0.1, 0.15) is 0 Å². The number of unbranched alkanes of at least 4 members (excludes halogenated alkanes) is 6. The van der Waals surface area contributed by atoms with E-state index in [1.807, 2.05) is 0 Å². The minimum atomic E-state index is -0.552. The molecule has 0 aromatic rings. The van der Waals surface area contributed by atoms with Crippen LogP contribution in [0.1, 0.15) is 139 Å². The molecule has 0 amide bonds. The second kappa shape index (κ2) is 45.2. The zero-order valence-corrected chi connectivity index (χ0v) is 25.6. The third-order valence-electron chi connectivity index (χ3n) is 4.15. The van der Waals surface area contributed by atoms with E-state index in [4.69, 9.17) is 0 Å². The fourth-order valence-electron chi connectivity index (χ4n) is 1.66. The van der Waals surface area contributed by atoms with Crippen LogP contribution in [0.5, 0.6) is 0 Å². The molecule has 5 radical (unpaired) electrons. The molecule has 0 atom stereocenters. The fourth-order valence-corrected chi connectivity index (χ4v) is 8.60. The SMILES string of the molecule is CCCC.CCCC.CCCC.CCC[CH2][Ge]([CH2]CCC)[CH2]CCC.[Sn]. The maximum absolute atomic E-state index is 2.33. The van der Waals surface area contributed by atoms with Gasteiger partial charge >= 0.3 is 89.4 Å². The average Bonchev–Trinajstić information content (AvgIpc) is 2.67. The first-order valence-electron chi connectivity index (χ1n) is 11.9. The maximum atomic E-state index is 2.33. The first kappa shape index (κ1) is 38.0. The van der Waals surface area contributed by atoms with Crippen LogP contribution >= 0.6 is 0 Å². The maximum Gasteiger partial charge on any atom is 0 e. The Bertz CT molecular complexity index is 128. The Balaban J connectivity index is -0.0000000933. The van der Waals surface area contributed by atoms with Gasteiger partial charge in [-0.15, -0.1) is 0 Å². The van der Waals surface area contributed by atoms with Gasteiger partial charge in [-0.05, 0) is 0 Å². The molecule has 0 nitrogen and oxygen atoms in total. The van der Waals surface area contributed by atoms with E-state index in [1.54, 1.807) is 15.8 Å². The minimum Gasteiger partial charge on any atom is 0 e. The summed E-state index contributed by atoms with van der Waals surface area (Å²) in [6, 6.07) is 0. The summed E-state index contributed by atoms with van der Waals surface area (Å²) in [6.45, 7) is 20.1. The van der Waals surface area contributed by atoms with E-state index in [-0.39, 0.29) is 23.9 Å². The summed E-state index contributed by atoms with van der Waals surface area (Å²) in [6.07, 6.45) is 16.7. The Morgan fingerprint density at radius 3 is 0.654 bits per heavy atom. The van der Waals surface area contributed by atoms with Crippen LogP contribution in [0, 0.1) is 0 Å². The van der Waals surface area contributed by atoms with E-state index >= 15 is 0 Å². The zero-order valence-electron chi connectivity index (χ0n) is 20.6. The van der Waals surface area contributed by atoms with Gasteiger partial charge in [0.2, 0.25) is 0 Å². The van der Waals surface area contributed by atoms with Crippen LogP contribution in [-0.2, 0) is 0 Å². The normalized spacial score (nSPS) is 9.00. The van der Waals surface area contributed by atoms with Crippen LogP contribution in [0.4, 0.5) is 0 Å². The summed E-state index contributed by atoms with van der Waals surface area (Å²) in [4.78, 5) is 0. The van der Waals surface area contributed by atoms with Crippen LogP contribution in [0.15, 0.2) is 0 Å². The van der Waals surface area contributed by atoms with Gasteiger partial charge in [-0.1, -0.05) is 80.1 Å². The van der Waals surface area contributed by atoms with E-state index in [1.165, 1.54) is 77.0 Å². The van der Waals surface area contributed by atoms with Gasteiger partial charge in [0.15, 0.2) is 0 Å². The number of hydrogen-bond acceptors (Lipinski definition) is 0. The molecule has 0 saturated heterocycles. The predicted octanol–water partition coefficient (Wildman–Crippen LogP) is 9.92. The quantitative estimate of drug-likeness (QED) is 0.218. The van der Waals surface area contributed by atoms with Gasteiger partial charge in [-0.3, -0.25) is 0 Å². The second-order valence-electron chi connectivity index (χ2n) is 7.06. The van der Waals surface area contributed by atoms with E-state index in [0.29, 0.717) is 0 Å². The molecule has 161 valence electrons. The molecule has 0 fully saturated rings. The van der Waals surface area contributed by atoms with E-state index < -0.39 is 14.3 Å². The Morgan fingerprint density at radius 1 is 0.346 bits per heavy atom. The second-order valence-corrected chi connectivity index (χ2v) is 13.4. The smallest absolute Gasteiger partial charge is 0 e. The molecule has 26 heavy (non-hydrogen) atoms. The van der Waals surface area contributed by atoms with Crippen molar-refractivity contribution in [1.82, 2.24) is 0 Å². The monoisotopic (exact) mass is 539 g/mol. The van der Waals surface area contributed by atoms with Crippen molar-refractivity contribution in [2.24, 2.45) is 0 Å². The molecule has 0 aromatic heterocycles. The van der Waals surface area contributed by atoms with Crippen LogP contribution in [0.25, 0.3) is 0 Å². The fraction of sp³-hybridized carbons (Fsp3) is 1.00. The van der Waals surface area contributed by atoms with E-state index in [9.17, 15) is 0 Å². The van der Waals surface area contributed by atoms with Gasteiger partial charge in [-0.2, -0.15) is 0 Å². The summed E-state index contributed by atoms with van der Waals surface area (Å²) >= 11 is -0.552. The summed E-state index contributed by atoms with van der Waals surface area (Å²) < 4.78 is 0. The van der Waals surface area contributed by atoms with Crippen molar-refractivity contribution >= 4 is 38.3 Å². The first-order valence-corrected chi connectivity index (χ1v) is 16.4. The minimum absolute atomic E-state index is 0. The van der Waals surface area contributed by atoms with Crippen molar-refractivity contribution in [3.8, 4) is 0 Å². The van der Waals surface area contributed by atoms with E-state index in [0.717, 1.165) is 0 Å². The molecule has 0 aliphatic heterocycles. The Labute approximate surface area is 192 Å². The topological polar surface area (TPSA) is 0 Å². The summed E-state index contributed by atoms with van der Waals surface area (Å²) in [5, 5.41) is 4.95. The van der Waals surface area contributed by atoms with Gasteiger partial charge in [-0.25, -0.2) is 0 Å². The van der Waals surface area contributed by atoms with Crippen molar-refractivity contribution in [3.05, 3.63) is 0 Å².